The number of carboxylic acids is 1. The molecular formula is C17H30O4. The van der Waals surface area contributed by atoms with E-state index in [-0.39, 0.29) is 24.2 Å². The fourth-order valence-corrected chi connectivity index (χ4v) is 2.25. The van der Waals surface area contributed by atoms with Crippen molar-refractivity contribution in [3.63, 3.8) is 0 Å². The van der Waals surface area contributed by atoms with Crippen LogP contribution in [0.25, 0.3) is 0 Å². The highest BCUT2D eigenvalue weighted by Gasteiger charge is 2.18. The average molecular weight is 298 g/mol. The fraction of sp³-hybridized carbons (Fsp3) is 0.765. The molecule has 0 saturated carbocycles. The monoisotopic (exact) mass is 298 g/mol. The van der Waals surface area contributed by atoms with E-state index in [0.717, 1.165) is 12.8 Å². The second kappa shape index (κ2) is 10.4. The highest BCUT2D eigenvalue weighted by Crippen LogP contribution is 2.23. The van der Waals surface area contributed by atoms with Crippen LogP contribution in [0.4, 0.5) is 0 Å². The maximum Gasteiger partial charge on any atom is 0.305 e. The zero-order valence-corrected chi connectivity index (χ0v) is 14.0. The Morgan fingerprint density at radius 2 is 1.38 bits per heavy atom. The number of rotatable bonds is 10. The summed E-state index contributed by atoms with van der Waals surface area (Å²) in [5.74, 6) is 0.277. The van der Waals surface area contributed by atoms with E-state index in [1.807, 2.05) is 0 Å². The van der Waals surface area contributed by atoms with Gasteiger partial charge in [-0.2, -0.15) is 0 Å². The summed E-state index contributed by atoms with van der Waals surface area (Å²) in [6.45, 7) is 8.30. The van der Waals surface area contributed by atoms with E-state index in [9.17, 15) is 9.59 Å². The van der Waals surface area contributed by atoms with E-state index < -0.39 is 5.97 Å². The van der Waals surface area contributed by atoms with E-state index in [2.05, 4.69) is 39.8 Å². The minimum Gasteiger partial charge on any atom is -0.481 e. The van der Waals surface area contributed by atoms with Crippen LogP contribution in [-0.2, 0) is 14.3 Å². The van der Waals surface area contributed by atoms with Gasteiger partial charge in [-0.3, -0.25) is 9.59 Å². The van der Waals surface area contributed by atoms with Crippen LogP contribution in [-0.4, -0.2) is 24.2 Å². The Kier molecular flexibility index (Phi) is 9.76. The first-order chi connectivity index (χ1) is 9.77. The second-order valence-corrected chi connectivity index (χ2v) is 6.33. The summed E-state index contributed by atoms with van der Waals surface area (Å²) in [6.07, 6.45) is 6.36. The van der Waals surface area contributed by atoms with E-state index in [1.54, 1.807) is 0 Å². The van der Waals surface area contributed by atoms with E-state index in [0.29, 0.717) is 18.3 Å². The number of allylic oxidation sites excluding steroid dienone is 2. The van der Waals surface area contributed by atoms with Crippen molar-refractivity contribution < 1.29 is 19.4 Å². The minimum atomic E-state index is -0.743. The summed E-state index contributed by atoms with van der Waals surface area (Å²) in [7, 11) is 1.41. The third kappa shape index (κ3) is 9.27. The van der Waals surface area contributed by atoms with Crippen molar-refractivity contribution in [2.75, 3.05) is 7.11 Å². The molecule has 0 bridgehead atoms. The third-order valence-corrected chi connectivity index (χ3v) is 4.02. The first-order valence-electron chi connectivity index (χ1n) is 7.71. The average Bonchev–Trinajstić information content (AvgIpc) is 2.39. The summed E-state index contributed by atoms with van der Waals surface area (Å²) < 4.78 is 4.72. The summed E-state index contributed by atoms with van der Waals surface area (Å²) in [5, 5.41) is 8.90. The van der Waals surface area contributed by atoms with Gasteiger partial charge in [-0.05, 0) is 36.5 Å². The largest absolute Gasteiger partial charge is 0.481 e. The van der Waals surface area contributed by atoms with Gasteiger partial charge in [0, 0.05) is 12.8 Å². The molecule has 0 aromatic rings. The maximum atomic E-state index is 11.4. The number of ether oxygens (including phenoxy) is 1. The number of aliphatic carboxylic acids is 1. The van der Waals surface area contributed by atoms with Crippen molar-refractivity contribution >= 4 is 11.9 Å². The maximum absolute atomic E-state index is 11.4. The molecule has 2 atom stereocenters. The lowest BCUT2D eigenvalue weighted by atomic mass is 9.87. The Morgan fingerprint density at radius 1 is 0.952 bits per heavy atom. The Labute approximate surface area is 128 Å². The molecule has 0 aliphatic rings. The molecule has 4 heteroatoms. The van der Waals surface area contributed by atoms with Gasteiger partial charge in [-0.25, -0.2) is 0 Å². The molecule has 0 aromatic heterocycles. The molecule has 0 rings (SSSR count). The third-order valence-electron chi connectivity index (χ3n) is 4.02. The normalized spacial score (nSPS) is 14.6. The van der Waals surface area contributed by atoms with Gasteiger partial charge in [0.25, 0.3) is 0 Å². The molecule has 0 heterocycles. The number of carboxylic acid groups (broad SMARTS) is 1. The van der Waals surface area contributed by atoms with Crippen molar-refractivity contribution in [2.24, 2.45) is 23.7 Å². The fourth-order valence-electron chi connectivity index (χ4n) is 2.25. The smallest absolute Gasteiger partial charge is 0.305 e. The Morgan fingerprint density at radius 3 is 1.71 bits per heavy atom. The SMILES string of the molecule is COC(=O)CC(CC=CCC(CC(=O)O)C(C)C)C(C)C. The lowest BCUT2D eigenvalue weighted by molar-refractivity contribution is -0.142. The summed E-state index contributed by atoms with van der Waals surface area (Å²) in [6, 6.07) is 0. The van der Waals surface area contributed by atoms with Gasteiger partial charge in [0.05, 0.1) is 7.11 Å². The molecule has 0 fully saturated rings. The molecule has 0 aliphatic carbocycles. The van der Waals surface area contributed by atoms with Crippen molar-refractivity contribution in [3.8, 4) is 0 Å². The van der Waals surface area contributed by atoms with Crippen LogP contribution in [0.3, 0.4) is 0 Å². The van der Waals surface area contributed by atoms with Gasteiger partial charge < -0.3 is 9.84 Å². The first kappa shape index (κ1) is 19.7. The van der Waals surface area contributed by atoms with Crippen LogP contribution in [0, 0.1) is 23.7 Å². The van der Waals surface area contributed by atoms with Crippen LogP contribution in [0.2, 0.25) is 0 Å². The van der Waals surface area contributed by atoms with E-state index in [1.165, 1.54) is 7.11 Å². The highest BCUT2D eigenvalue weighted by molar-refractivity contribution is 5.69. The summed E-state index contributed by atoms with van der Waals surface area (Å²) in [5.41, 5.74) is 0. The number of hydrogen-bond donors (Lipinski definition) is 1. The Bertz CT molecular complexity index is 345. The predicted molar refractivity (Wildman–Crippen MR) is 83.9 cm³/mol. The van der Waals surface area contributed by atoms with Gasteiger partial charge >= 0.3 is 11.9 Å². The van der Waals surface area contributed by atoms with Crippen molar-refractivity contribution in [2.45, 2.75) is 53.4 Å². The van der Waals surface area contributed by atoms with Crippen LogP contribution in [0.15, 0.2) is 12.2 Å². The zero-order chi connectivity index (χ0) is 16.4. The molecule has 0 saturated heterocycles. The van der Waals surface area contributed by atoms with Crippen LogP contribution in [0.1, 0.15) is 53.4 Å². The van der Waals surface area contributed by atoms with Gasteiger partial charge in [0.15, 0.2) is 0 Å². The lowest BCUT2D eigenvalue weighted by Crippen LogP contribution is -2.15. The predicted octanol–water partition coefficient (Wildman–Crippen LogP) is 3.91. The summed E-state index contributed by atoms with van der Waals surface area (Å²) >= 11 is 0. The van der Waals surface area contributed by atoms with Crippen LogP contribution >= 0.6 is 0 Å². The van der Waals surface area contributed by atoms with Crippen LogP contribution in [0.5, 0.6) is 0 Å². The van der Waals surface area contributed by atoms with Crippen LogP contribution < -0.4 is 0 Å². The minimum absolute atomic E-state index is 0.164. The van der Waals surface area contributed by atoms with Gasteiger partial charge in [0.2, 0.25) is 0 Å². The van der Waals surface area contributed by atoms with Crippen molar-refractivity contribution in [1.82, 2.24) is 0 Å². The quantitative estimate of drug-likeness (QED) is 0.490. The molecule has 0 radical (unpaired) electrons. The van der Waals surface area contributed by atoms with Crippen molar-refractivity contribution in [1.29, 1.82) is 0 Å². The molecule has 0 aliphatic heterocycles. The number of esters is 1. The molecule has 0 amide bonds. The van der Waals surface area contributed by atoms with Gasteiger partial charge in [0.1, 0.15) is 0 Å². The van der Waals surface area contributed by atoms with Crippen molar-refractivity contribution in [3.05, 3.63) is 12.2 Å². The second-order valence-electron chi connectivity index (χ2n) is 6.33. The first-order valence-corrected chi connectivity index (χ1v) is 7.71. The molecule has 21 heavy (non-hydrogen) atoms. The Hall–Kier alpha value is -1.32. The van der Waals surface area contributed by atoms with E-state index in [4.69, 9.17) is 9.84 Å². The zero-order valence-electron chi connectivity index (χ0n) is 14.0. The lowest BCUT2D eigenvalue weighted by Gasteiger charge is -2.19. The topological polar surface area (TPSA) is 63.6 Å². The van der Waals surface area contributed by atoms with Gasteiger partial charge in [-0.1, -0.05) is 39.8 Å². The Balaban J connectivity index is 4.37. The molecule has 1 N–H and O–H groups in total. The standard InChI is InChI=1S/C17H30O4/c1-12(2)14(10-16(18)19)8-6-7-9-15(13(3)4)11-17(20)21-5/h6-7,12-15H,8-11H2,1-5H3,(H,18,19). The molecule has 0 spiro atoms. The number of carbonyl (C=O) groups is 2. The molecule has 122 valence electrons. The molecule has 4 nitrogen and oxygen atoms in total. The van der Waals surface area contributed by atoms with E-state index >= 15 is 0 Å². The number of methoxy groups -OCH3 is 1. The number of hydrogen-bond acceptors (Lipinski definition) is 3. The summed E-state index contributed by atoms with van der Waals surface area (Å²) in [4.78, 5) is 22.2. The number of carbonyl (C=O) groups excluding carboxylic acids is 1. The molecule has 2 unspecified atom stereocenters. The highest BCUT2D eigenvalue weighted by atomic mass is 16.5. The molecular weight excluding hydrogens is 268 g/mol. The molecule has 0 aromatic carbocycles. The van der Waals surface area contributed by atoms with Gasteiger partial charge in [-0.15, -0.1) is 0 Å².